The Hall–Kier alpha value is -3.46. The molecule has 29 heavy (non-hydrogen) atoms. The van der Waals surface area contributed by atoms with E-state index in [9.17, 15) is 14.0 Å². The number of thioether (sulfide) groups is 1. The van der Waals surface area contributed by atoms with E-state index in [0.29, 0.717) is 16.5 Å². The predicted octanol–water partition coefficient (Wildman–Crippen LogP) is 3.26. The van der Waals surface area contributed by atoms with Crippen molar-refractivity contribution in [2.75, 3.05) is 11.1 Å². The van der Waals surface area contributed by atoms with Gasteiger partial charge in [-0.05, 0) is 31.2 Å². The molecule has 0 aliphatic heterocycles. The van der Waals surface area contributed by atoms with E-state index in [1.807, 2.05) is 31.2 Å². The van der Waals surface area contributed by atoms with E-state index >= 15 is 0 Å². The van der Waals surface area contributed by atoms with Gasteiger partial charge in [0, 0.05) is 11.8 Å². The van der Waals surface area contributed by atoms with E-state index in [2.05, 4.69) is 20.4 Å². The Morgan fingerprint density at radius 2 is 1.93 bits per heavy atom. The van der Waals surface area contributed by atoms with E-state index in [1.165, 1.54) is 16.6 Å². The van der Waals surface area contributed by atoms with Gasteiger partial charge in [0.25, 0.3) is 5.56 Å². The van der Waals surface area contributed by atoms with Crippen LogP contribution in [-0.4, -0.2) is 31.2 Å². The van der Waals surface area contributed by atoms with Gasteiger partial charge >= 0.3 is 0 Å². The van der Waals surface area contributed by atoms with Gasteiger partial charge in [0.2, 0.25) is 5.91 Å². The van der Waals surface area contributed by atoms with Crippen LogP contribution in [0.5, 0.6) is 0 Å². The summed E-state index contributed by atoms with van der Waals surface area (Å²) < 4.78 is 15.6. The second kappa shape index (κ2) is 7.88. The summed E-state index contributed by atoms with van der Waals surface area (Å²) in [5.74, 6) is -0.504. The fourth-order valence-corrected chi connectivity index (χ4v) is 3.46. The zero-order chi connectivity index (χ0) is 20.4. The molecule has 0 bridgehead atoms. The number of carbonyl (C=O) groups excluding carboxylic acids is 1. The number of carbonyl (C=O) groups is 1. The zero-order valence-corrected chi connectivity index (χ0v) is 16.2. The normalized spacial score (nSPS) is 11.0. The van der Waals surface area contributed by atoms with E-state index < -0.39 is 5.82 Å². The van der Waals surface area contributed by atoms with E-state index in [0.717, 1.165) is 17.3 Å². The first-order valence-corrected chi connectivity index (χ1v) is 9.72. The maximum atomic E-state index is 14.2. The minimum absolute atomic E-state index is 0.0525. The van der Waals surface area contributed by atoms with Crippen molar-refractivity contribution >= 4 is 29.0 Å². The number of hydrogen-bond acceptors (Lipinski definition) is 5. The van der Waals surface area contributed by atoms with Crippen LogP contribution >= 0.6 is 11.8 Å². The molecule has 2 N–H and O–H groups in total. The van der Waals surface area contributed by atoms with Gasteiger partial charge in [0.05, 0.1) is 11.3 Å². The minimum atomic E-state index is -0.470. The average Bonchev–Trinajstić information content (AvgIpc) is 3.08. The summed E-state index contributed by atoms with van der Waals surface area (Å²) in [6.45, 7) is 1.97. The second-order valence-corrected chi connectivity index (χ2v) is 7.27. The zero-order valence-electron chi connectivity index (χ0n) is 15.3. The Balaban J connectivity index is 1.60. The van der Waals surface area contributed by atoms with Gasteiger partial charge in [-0.2, -0.15) is 0 Å². The lowest BCUT2D eigenvalue weighted by molar-refractivity contribution is -0.113. The van der Waals surface area contributed by atoms with Gasteiger partial charge < -0.3 is 5.32 Å². The Labute approximate surface area is 169 Å². The number of benzene rings is 2. The molecule has 4 aromatic rings. The molecule has 0 unspecified atom stereocenters. The van der Waals surface area contributed by atoms with Gasteiger partial charge in [-0.25, -0.2) is 18.9 Å². The molecule has 0 fully saturated rings. The van der Waals surface area contributed by atoms with Gasteiger partial charge in [-0.1, -0.05) is 41.6 Å². The van der Waals surface area contributed by atoms with Crippen LogP contribution in [0, 0.1) is 12.7 Å². The number of aryl methyl sites for hydroxylation is 1. The SMILES string of the molecule is Cc1ccc(NC(=O)CSc2nc(-c3ccccc3F)nc3cc(=O)[nH]n23)cc1. The fraction of sp³-hybridized carbons (Fsp3) is 0.100. The molecule has 9 heteroatoms. The van der Waals surface area contributed by atoms with Crippen LogP contribution in [0.15, 0.2) is 64.5 Å². The topological polar surface area (TPSA) is 92.2 Å². The van der Waals surface area contributed by atoms with Crippen molar-refractivity contribution in [2.45, 2.75) is 12.1 Å². The molecular formula is C20H16FN5O2S. The molecule has 0 atom stereocenters. The molecule has 0 saturated carbocycles. The summed E-state index contributed by atoms with van der Waals surface area (Å²) in [5, 5.41) is 5.72. The van der Waals surface area contributed by atoms with Crippen LogP contribution in [0.1, 0.15) is 5.56 Å². The highest BCUT2D eigenvalue weighted by Gasteiger charge is 2.15. The summed E-state index contributed by atoms with van der Waals surface area (Å²) in [4.78, 5) is 32.7. The van der Waals surface area contributed by atoms with Crippen molar-refractivity contribution in [3.05, 3.63) is 76.3 Å². The molecule has 0 saturated heterocycles. The maximum Gasteiger partial charge on any atom is 0.266 e. The molecule has 7 nitrogen and oxygen atoms in total. The lowest BCUT2D eigenvalue weighted by atomic mass is 10.2. The van der Waals surface area contributed by atoms with Crippen LogP contribution in [0.4, 0.5) is 10.1 Å². The van der Waals surface area contributed by atoms with Crippen molar-refractivity contribution in [1.82, 2.24) is 19.6 Å². The van der Waals surface area contributed by atoms with Crippen LogP contribution in [-0.2, 0) is 4.79 Å². The summed E-state index contributed by atoms with van der Waals surface area (Å²) in [5.41, 5.74) is 1.93. The number of aromatic nitrogens is 4. The minimum Gasteiger partial charge on any atom is -0.325 e. The summed E-state index contributed by atoms with van der Waals surface area (Å²) >= 11 is 1.12. The largest absolute Gasteiger partial charge is 0.325 e. The number of fused-ring (bicyclic) bond motifs is 1. The molecule has 0 aliphatic carbocycles. The third-order valence-corrected chi connectivity index (χ3v) is 5.05. The number of amides is 1. The summed E-state index contributed by atoms with van der Waals surface area (Å²) in [6, 6.07) is 14.9. The highest BCUT2D eigenvalue weighted by Crippen LogP contribution is 2.23. The van der Waals surface area contributed by atoms with Gasteiger partial charge in [-0.3, -0.25) is 14.7 Å². The number of rotatable bonds is 5. The maximum absolute atomic E-state index is 14.2. The number of aromatic amines is 1. The van der Waals surface area contributed by atoms with Crippen molar-refractivity contribution in [3.8, 4) is 11.4 Å². The quantitative estimate of drug-likeness (QED) is 0.494. The van der Waals surface area contributed by atoms with Crippen molar-refractivity contribution in [1.29, 1.82) is 0 Å². The van der Waals surface area contributed by atoms with Crippen molar-refractivity contribution in [3.63, 3.8) is 0 Å². The van der Waals surface area contributed by atoms with E-state index in [1.54, 1.807) is 18.2 Å². The van der Waals surface area contributed by atoms with Gasteiger partial charge in [0.15, 0.2) is 16.6 Å². The lowest BCUT2D eigenvalue weighted by Gasteiger charge is -2.08. The third-order valence-electron chi connectivity index (χ3n) is 4.11. The Morgan fingerprint density at radius 1 is 1.17 bits per heavy atom. The molecule has 146 valence electrons. The smallest absolute Gasteiger partial charge is 0.266 e. The lowest BCUT2D eigenvalue weighted by Crippen LogP contribution is -2.15. The molecule has 0 aliphatic rings. The van der Waals surface area contributed by atoms with Crippen LogP contribution < -0.4 is 10.9 Å². The molecule has 0 radical (unpaired) electrons. The molecular weight excluding hydrogens is 393 g/mol. The number of anilines is 1. The standard InChI is InChI=1S/C20H16FN5O2S/c1-12-6-8-13(9-7-12)22-18(28)11-29-20-24-19(14-4-2-3-5-15(14)21)23-16-10-17(27)25-26(16)20/h2-10H,11H2,1H3,(H,22,28)(H,25,27). The van der Waals surface area contributed by atoms with Gasteiger partial charge in [-0.15, -0.1) is 0 Å². The molecule has 1 amide bonds. The van der Waals surface area contributed by atoms with Crippen LogP contribution in [0.2, 0.25) is 0 Å². The molecule has 4 rings (SSSR count). The van der Waals surface area contributed by atoms with Gasteiger partial charge in [0.1, 0.15) is 5.82 Å². The van der Waals surface area contributed by atoms with Crippen molar-refractivity contribution in [2.24, 2.45) is 0 Å². The average molecular weight is 409 g/mol. The Morgan fingerprint density at radius 3 is 2.69 bits per heavy atom. The molecule has 0 spiro atoms. The Bertz CT molecular complexity index is 1250. The third kappa shape index (κ3) is 4.19. The van der Waals surface area contributed by atoms with Crippen molar-refractivity contribution < 1.29 is 9.18 Å². The first-order valence-electron chi connectivity index (χ1n) is 8.73. The van der Waals surface area contributed by atoms with Crippen LogP contribution in [0.3, 0.4) is 0 Å². The fourth-order valence-electron chi connectivity index (χ4n) is 2.71. The number of nitrogens with zero attached hydrogens (tertiary/aromatic N) is 3. The molecule has 2 heterocycles. The highest BCUT2D eigenvalue weighted by atomic mass is 32.2. The predicted molar refractivity (Wildman–Crippen MR) is 110 cm³/mol. The number of nitrogens with one attached hydrogen (secondary N) is 2. The number of hydrogen-bond donors (Lipinski definition) is 2. The molecule has 2 aromatic carbocycles. The first-order chi connectivity index (χ1) is 14.0. The summed E-state index contributed by atoms with van der Waals surface area (Å²) in [6.07, 6.45) is 0. The first kappa shape index (κ1) is 18.9. The Kier molecular flexibility index (Phi) is 5.13. The second-order valence-electron chi connectivity index (χ2n) is 6.33. The van der Waals surface area contributed by atoms with E-state index in [-0.39, 0.29) is 28.6 Å². The monoisotopic (exact) mass is 409 g/mol. The number of halogens is 1. The molecule has 2 aromatic heterocycles. The van der Waals surface area contributed by atoms with E-state index in [4.69, 9.17) is 0 Å². The number of H-pyrrole nitrogens is 1. The summed E-state index contributed by atoms with van der Waals surface area (Å²) in [7, 11) is 0. The van der Waals surface area contributed by atoms with Crippen LogP contribution in [0.25, 0.3) is 17.0 Å². The highest BCUT2D eigenvalue weighted by molar-refractivity contribution is 7.99.